The lowest BCUT2D eigenvalue weighted by atomic mass is 9.75. The quantitative estimate of drug-likeness (QED) is 0.858. The first-order chi connectivity index (χ1) is 11.7. The minimum absolute atomic E-state index is 0.0925. The molecule has 24 heavy (non-hydrogen) atoms. The second-order valence-corrected chi connectivity index (χ2v) is 7.66. The van der Waals surface area contributed by atoms with Gasteiger partial charge in [-0.2, -0.15) is 0 Å². The van der Waals surface area contributed by atoms with Gasteiger partial charge < -0.3 is 14.3 Å². The molecule has 1 aromatic heterocycles. The van der Waals surface area contributed by atoms with E-state index in [0.717, 1.165) is 58.2 Å². The van der Waals surface area contributed by atoms with Crippen LogP contribution in [0.25, 0.3) is 0 Å². The number of furan rings is 1. The molecule has 1 aromatic rings. The van der Waals surface area contributed by atoms with Gasteiger partial charge in [0.15, 0.2) is 0 Å². The molecule has 0 spiro atoms. The van der Waals surface area contributed by atoms with Crippen LogP contribution in [0.5, 0.6) is 0 Å². The summed E-state index contributed by atoms with van der Waals surface area (Å²) in [5, 5.41) is 11.4. The molecule has 2 bridgehead atoms. The normalized spacial score (nSPS) is 33.1. The number of hydrogen-bond acceptors (Lipinski definition) is 5. The van der Waals surface area contributed by atoms with Crippen molar-refractivity contribution in [1.82, 2.24) is 4.90 Å². The zero-order valence-corrected chi connectivity index (χ0v) is 14.2. The zero-order chi connectivity index (χ0) is 16.6. The lowest BCUT2D eigenvalue weighted by Gasteiger charge is -2.45. The number of carbonyl (C=O) groups excluding carboxylic acids is 1. The first-order valence-corrected chi connectivity index (χ1v) is 9.37. The molecule has 1 saturated carbocycles. The van der Waals surface area contributed by atoms with Crippen molar-refractivity contribution in [3.8, 4) is 0 Å². The highest BCUT2D eigenvalue weighted by Crippen LogP contribution is 2.41. The Labute approximate surface area is 143 Å². The van der Waals surface area contributed by atoms with Gasteiger partial charge in [-0.15, -0.1) is 0 Å². The number of carbonyl (C=O) groups is 1. The number of esters is 1. The van der Waals surface area contributed by atoms with Crippen molar-refractivity contribution >= 4 is 5.97 Å². The number of fused-ring (bicyclic) bond motifs is 3. The summed E-state index contributed by atoms with van der Waals surface area (Å²) in [4.78, 5) is 15.4. The summed E-state index contributed by atoms with van der Waals surface area (Å²) in [5.74, 6) is 0.140. The van der Waals surface area contributed by atoms with E-state index >= 15 is 0 Å². The van der Waals surface area contributed by atoms with E-state index in [1.54, 1.807) is 12.1 Å². The van der Waals surface area contributed by atoms with E-state index < -0.39 is 11.6 Å². The lowest BCUT2D eigenvalue weighted by Crippen LogP contribution is -2.54. The first kappa shape index (κ1) is 16.2. The Bertz CT molecular complexity index is 558. The van der Waals surface area contributed by atoms with Crippen LogP contribution in [0.4, 0.5) is 0 Å². The zero-order valence-electron chi connectivity index (χ0n) is 14.2. The molecule has 4 heterocycles. The molecular formula is C19H27NO4. The molecular weight excluding hydrogens is 306 g/mol. The highest BCUT2D eigenvalue weighted by Gasteiger charge is 2.51. The molecule has 5 nitrogen and oxygen atoms in total. The molecule has 0 radical (unpaired) electrons. The molecule has 1 aliphatic carbocycles. The summed E-state index contributed by atoms with van der Waals surface area (Å²) < 4.78 is 11.3. The maximum Gasteiger partial charge on any atom is 0.346 e. The fourth-order valence-electron chi connectivity index (χ4n) is 4.76. The third-order valence-corrected chi connectivity index (χ3v) is 6.26. The Morgan fingerprint density at radius 2 is 1.96 bits per heavy atom. The standard InChI is InChI=1S/C19H27NO4/c21-18(24-16-13-20-10-8-14(16)9-11-20)19(22,17-7-4-12-23-17)15-5-2-1-3-6-15/h4,7,12,14-16,22H,1-3,5-6,8-11,13H2/t16?,19-/m1/s1. The molecule has 3 saturated heterocycles. The van der Waals surface area contributed by atoms with E-state index in [4.69, 9.17) is 9.15 Å². The van der Waals surface area contributed by atoms with E-state index in [9.17, 15) is 9.90 Å². The maximum atomic E-state index is 13.1. The lowest BCUT2D eigenvalue weighted by molar-refractivity contribution is -0.192. The Kier molecular flexibility index (Phi) is 4.39. The minimum Gasteiger partial charge on any atom is -0.466 e. The van der Waals surface area contributed by atoms with Gasteiger partial charge in [0.05, 0.1) is 6.26 Å². The largest absolute Gasteiger partial charge is 0.466 e. The van der Waals surface area contributed by atoms with E-state index in [2.05, 4.69) is 4.90 Å². The molecule has 0 aromatic carbocycles. The molecule has 1 unspecified atom stereocenters. The molecule has 5 rings (SSSR count). The summed E-state index contributed by atoms with van der Waals surface area (Å²) in [7, 11) is 0. The highest BCUT2D eigenvalue weighted by molar-refractivity contribution is 5.81. The van der Waals surface area contributed by atoms with Crippen LogP contribution in [0.15, 0.2) is 22.8 Å². The number of piperidine rings is 3. The summed E-state index contributed by atoms with van der Waals surface area (Å²) in [6.07, 6.45) is 8.52. The Hall–Kier alpha value is -1.33. The van der Waals surface area contributed by atoms with E-state index in [1.807, 2.05) is 0 Å². The maximum absolute atomic E-state index is 13.1. The van der Waals surface area contributed by atoms with Gasteiger partial charge in [-0.1, -0.05) is 19.3 Å². The SMILES string of the molecule is O=C(OC1CN2CCC1CC2)[C@](O)(c1ccco1)C1CCCCC1. The van der Waals surface area contributed by atoms with Crippen molar-refractivity contribution in [2.75, 3.05) is 19.6 Å². The van der Waals surface area contributed by atoms with Gasteiger partial charge in [-0.3, -0.25) is 4.90 Å². The van der Waals surface area contributed by atoms with Crippen LogP contribution in [0.3, 0.4) is 0 Å². The Balaban J connectivity index is 1.55. The summed E-state index contributed by atoms with van der Waals surface area (Å²) in [5.41, 5.74) is -1.64. The molecule has 132 valence electrons. The van der Waals surface area contributed by atoms with Gasteiger partial charge >= 0.3 is 5.97 Å². The highest BCUT2D eigenvalue weighted by atomic mass is 16.6. The van der Waals surface area contributed by atoms with Crippen molar-refractivity contribution in [2.24, 2.45) is 11.8 Å². The van der Waals surface area contributed by atoms with Crippen molar-refractivity contribution in [3.05, 3.63) is 24.2 Å². The topological polar surface area (TPSA) is 62.9 Å². The fourth-order valence-corrected chi connectivity index (χ4v) is 4.76. The molecule has 2 atom stereocenters. The molecule has 3 aliphatic heterocycles. The average molecular weight is 333 g/mol. The molecule has 1 N–H and O–H groups in total. The number of ether oxygens (including phenoxy) is 1. The fraction of sp³-hybridized carbons (Fsp3) is 0.737. The van der Waals surface area contributed by atoms with Crippen molar-refractivity contribution in [3.63, 3.8) is 0 Å². The molecule has 0 amide bonds. The van der Waals surface area contributed by atoms with Crippen LogP contribution in [0.2, 0.25) is 0 Å². The number of nitrogens with zero attached hydrogens (tertiary/aromatic N) is 1. The minimum atomic E-state index is -1.64. The van der Waals surface area contributed by atoms with Crippen LogP contribution in [0.1, 0.15) is 50.7 Å². The molecule has 5 heteroatoms. The van der Waals surface area contributed by atoms with Crippen LogP contribution < -0.4 is 0 Å². The van der Waals surface area contributed by atoms with Crippen molar-refractivity contribution in [1.29, 1.82) is 0 Å². The van der Waals surface area contributed by atoms with Crippen molar-refractivity contribution < 1.29 is 19.1 Å². The smallest absolute Gasteiger partial charge is 0.346 e. The first-order valence-electron chi connectivity index (χ1n) is 9.37. The van der Waals surface area contributed by atoms with E-state index in [0.29, 0.717) is 11.7 Å². The predicted octanol–water partition coefficient (Wildman–Crippen LogP) is 2.68. The van der Waals surface area contributed by atoms with Crippen LogP contribution in [-0.4, -0.2) is 41.7 Å². The van der Waals surface area contributed by atoms with E-state index in [-0.39, 0.29) is 12.0 Å². The third kappa shape index (κ3) is 2.78. The van der Waals surface area contributed by atoms with Crippen molar-refractivity contribution in [2.45, 2.75) is 56.7 Å². The second kappa shape index (κ2) is 6.52. The van der Waals surface area contributed by atoms with Crippen LogP contribution in [-0.2, 0) is 15.1 Å². The summed E-state index contributed by atoms with van der Waals surface area (Å²) in [6, 6.07) is 3.43. The third-order valence-electron chi connectivity index (χ3n) is 6.26. The second-order valence-electron chi connectivity index (χ2n) is 7.66. The van der Waals surface area contributed by atoms with Crippen LogP contribution >= 0.6 is 0 Å². The van der Waals surface area contributed by atoms with Gasteiger partial charge in [-0.05, 0) is 56.8 Å². The summed E-state index contributed by atoms with van der Waals surface area (Å²) >= 11 is 0. The number of hydrogen-bond donors (Lipinski definition) is 1. The number of aliphatic hydroxyl groups is 1. The average Bonchev–Trinajstić information content (AvgIpc) is 3.18. The summed E-state index contributed by atoms with van der Waals surface area (Å²) in [6.45, 7) is 3.00. The molecule has 4 aliphatic rings. The predicted molar refractivity (Wildman–Crippen MR) is 88.2 cm³/mol. The Morgan fingerprint density at radius 3 is 2.54 bits per heavy atom. The monoisotopic (exact) mass is 333 g/mol. The Morgan fingerprint density at radius 1 is 1.21 bits per heavy atom. The van der Waals surface area contributed by atoms with Gasteiger partial charge in [0.2, 0.25) is 5.60 Å². The number of rotatable bonds is 4. The van der Waals surface area contributed by atoms with Gasteiger partial charge in [0.25, 0.3) is 0 Å². The van der Waals surface area contributed by atoms with E-state index in [1.165, 1.54) is 12.7 Å². The van der Waals surface area contributed by atoms with Gasteiger partial charge in [0.1, 0.15) is 11.9 Å². The van der Waals surface area contributed by atoms with Gasteiger partial charge in [-0.25, -0.2) is 4.79 Å². The van der Waals surface area contributed by atoms with Gasteiger partial charge in [0, 0.05) is 12.5 Å². The molecule has 4 fully saturated rings. The van der Waals surface area contributed by atoms with Crippen LogP contribution in [0, 0.1) is 11.8 Å².